The minimum atomic E-state index is 0.666. The summed E-state index contributed by atoms with van der Waals surface area (Å²) in [6, 6.07) is 19.4. The van der Waals surface area contributed by atoms with Crippen LogP contribution in [0.5, 0.6) is 0 Å². The summed E-state index contributed by atoms with van der Waals surface area (Å²) >= 11 is 0. The van der Waals surface area contributed by atoms with Crippen LogP contribution in [0.3, 0.4) is 0 Å². The van der Waals surface area contributed by atoms with Crippen molar-refractivity contribution < 1.29 is 0 Å². The van der Waals surface area contributed by atoms with Crippen LogP contribution in [0.15, 0.2) is 48.5 Å². The summed E-state index contributed by atoms with van der Waals surface area (Å²) in [5, 5.41) is 0. The van der Waals surface area contributed by atoms with Gasteiger partial charge >= 0.3 is 0 Å². The Hall–Kier alpha value is -1.60. The van der Waals surface area contributed by atoms with Crippen LogP contribution < -0.4 is 0 Å². The Labute approximate surface area is 158 Å². The molecule has 0 N–H and O–H groups in total. The van der Waals surface area contributed by atoms with Crippen molar-refractivity contribution in [2.45, 2.75) is 63.3 Å². The van der Waals surface area contributed by atoms with Crippen LogP contribution in [-0.4, -0.2) is 24.0 Å². The van der Waals surface area contributed by atoms with Gasteiger partial charge in [0.15, 0.2) is 0 Å². The van der Waals surface area contributed by atoms with E-state index < -0.39 is 0 Å². The summed E-state index contributed by atoms with van der Waals surface area (Å²) < 4.78 is 0. The third kappa shape index (κ3) is 3.01. The Morgan fingerprint density at radius 3 is 2.50 bits per heavy atom. The van der Waals surface area contributed by atoms with E-state index >= 15 is 0 Å². The standard InChI is InChI=1S/C25H31N/c1-18-14-22(15-18)21-9-8-20-10-11-25(26-12-5-13-26)24(23(20)17-21)16-19-6-3-2-4-7-19/h2-4,6-9,17-18,22,24-25H,5,10-16H2,1H3/t18?,22?,24-,25?/m1/s1. The molecule has 0 radical (unpaired) electrons. The second-order valence-corrected chi connectivity index (χ2v) is 9.02. The fourth-order valence-electron chi connectivity index (χ4n) is 5.55. The molecule has 136 valence electrons. The van der Waals surface area contributed by atoms with Crippen molar-refractivity contribution in [1.29, 1.82) is 0 Å². The van der Waals surface area contributed by atoms with Crippen LogP contribution in [0.4, 0.5) is 0 Å². The van der Waals surface area contributed by atoms with E-state index in [-0.39, 0.29) is 0 Å². The highest BCUT2D eigenvalue weighted by Crippen LogP contribution is 2.44. The summed E-state index contributed by atoms with van der Waals surface area (Å²) in [6.07, 6.45) is 7.96. The third-order valence-electron chi connectivity index (χ3n) is 7.25. The molecule has 2 aromatic carbocycles. The van der Waals surface area contributed by atoms with E-state index in [0.717, 1.165) is 17.9 Å². The largest absolute Gasteiger partial charge is 0.300 e. The lowest BCUT2D eigenvalue weighted by molar-refractivity contribution is 0.0876. The van der Waals surface area contributed by atoms with E-state index in [1.807, 2.05) is 0 Å². The zero-order valence-electron chi connectivity index (χ0n) is 16.0. The van der Waals surface area contributed by atoms with Gasteiger partial charge in [-0.25, -0.2) is 0 Å². The van der Waals surface area contributed by atoms with Gasteiger partial charge in [0.25, 0.3) is 0 Å². The molecular formula is C25H31N. The van der Waals surface area contributed by atoms with Crippen LogP contribution in [0, 0.1) is 5.92 Å². The van der Waals surface area contributed by atoms with Gasteiger partial charge in [-0.2, -0.15) is 0 Å². The minimum Gasteiger partial charge on any atom is -0.300 e. The molecule has 1 aliphatic heterocycles. The van der Waals surface area contributed by atoms with Crippen molar-refractivity contribution in [3.05, 3.63) is 70.8 Å². The first-order valence-electron chi connectivity index (χ1n) is 10.7. The highest BCUT2D eigenvalue weighted by Gasteiger charge is 2.36. The predicted octanol–water partition coefficient (Wildman–Crippen LogP) is 5.55. The van der Waals surface area contributed by atoms with Gasteiger partial charge in [-0.1, -0.05) is 55.5 Å². The molecule has 1 saturated heterocycles. The molecule has 1 unspecified atom stereocenters. The van der Waals surface area contributed by atoms with Gasteiger partial charge in [0.2, 0.25) is 0 Å². The Kier molecular flexibility index (Phi) is 4.36. The summed E-state index contributed by atoms with van der Waals surface area (Å²) in [6.45, 7) is 5.02. The van der Waals surface area contributed by atoms with Crippen LogP contribution in [0.2, 0.25) is 0 Å². The molecular weight excluding hydrogens is 314 g/mol. The second-order valence-electron chi connectivity index (χ2n) is 9.02. The monoisotopic (exact) mass is 345 g/mol. The van der Waals surface area contributed by atoms with Crippen molar-refractivity contribution in [2.24, 2.45) is 5.92 Å². The maximum Gasteiger partial charge on any atom is 0.0170 e. The van der Waals surface area contributed by atoms with E-state index in [0.29, 0.717) is 5.92 Å². The Morgan fingerprint density at radius 1 is 1.00 bits per heavy atom. The van der Waals surface area contributed by atoms with Gasteiger partial charge in [0.05, 0.1) is 0 Å². The molecule has 1 heteroatoms. The Morgan fingerprint density at radius 2 is 1.81 bits per heavy atom. The van der Waals surface area contributed by atoms with E-state index in [1.54, 1.807) is 16.7 Å². The molecule has 1 heterocycles. The van der Waals surface area contributed by atoms with E-state index in [2.05, 4.69) is 60.4 Å². The molecule has 1 nitrogen and oxygen atoms in total. The van der Waals surface area contributed by atoms with E-state index in [9.17, 15) is 0 Å². The minimum absolute atomic E-state index is 0.666. The first kappa shape index (κ1) is 16.6. The highest BCUT2D eigenvalue weighted by atomic mass is 15.2. The fraction of sp³-hybridized carbons (Fsp3) is 0.520. The van der Waals surface area contributed by atoms with Crippen LogP contribution in [0.25, 0.3) is 0 Å². The number of fused-ring (bicyclic) bond motifs is 1. The van der Waals surface area contributed by atoms with Crippen molar-refractivity contribution in [1.82, 2.24) is 4.90 Å². The quantitative estimate of drug-likeness (QED) is 0.702. The van der Waals surface area contributed by atoms with E-state index in [1.165, 1.54) is 57.2 Å². The summed E-state index contributed by atoms with van der Waals surface area (Å²) in [7, 11) is 0. The number of hydrogen-bond acceptors (Lipinski definition) is 1. The Balaban J connectivity index is 1.48. The molecule has 26 heavy (non-hydrogen) atoms. The van der Waals surface area contributed by atoms with Crippen LogP contribution in [-0.2, 0) is 12.8 Å². The highest BCUT2D eigenvalue weighted by molar-refractivity contribution is 5.41. The number of likely N-dealkylation sites (tertiary alicyclic amines) is 1. The molecule has 0 spiro atoms. The maximum absolute atomic E-state index is 2.76. The third-order valence-corrected chi connectivity index (χ3v) is 7.25. The fourth-order valence-corrected chi connectivity index (χ4v) is 5.55. The summed E-state index contributed by atoms with van der Waals surface area (Å²) in [5.41, 5.74) is 6.41. The summed E-state index contributed by atoms with van der Waals surface area (Å²) in [4.78, 5) is 2.76. The molecule has 2 aliphatic carbocycles. The lowest BCUT2D eigenvalue weighted by Crippen LogP contribution is -2.50. The van der Waals surface area contributed by atoms with Crippen molar-refractivity contribution in [3.63, 3.8) is 0 Å². The number of hydrogen-bond donors (Lipinski definition) is 0. The van der Waals surface area contributed by atoms with Gasteiger partial charge in [-0.05, 0) is 85.7 Å². The maximum atomic E-state index is 2.76. The van der Waals surface area contributed by atoms with Crippen LogP contribution >= 0.6 is 0 Å². The lowest BCUT2D eigenvalue weighted by Gasteiger charge is -2.46. The number of nitrogens with zero attached hydrogens (tertiary/aromatic N) is 1. The summed E-state index contributed by atoms with van der Waals surface area (Å²) in [5.74, 6) is 2.40. The smallest absolute Gasteiger partial charge is 0.0170 e. The predicted molar refractivity (Wildman–Crippen MR) is 109 cm³/mol. The van der Waals surface area contributed by atoms with Gasteiger partial charge < -0.3 is 0 Å². The number of rotatable bonds is 4. The SMILES string of the molecule is CC1CC(c2ccc3c(c2)[C@@H](Cc2ccccc2)C(N2CCC2)CC3)C1. The molecule has 2 aromatic rings. The topological polar surface area (TPSA) is 3.24 Å². The second kappa shape index (κ2) is 6.85. The van der Waals surface area contributed by atoms with Gasteiger partial charge in [0, 0.05) is 12.0 Å². The molecule has 2 fully saturated rings. The normalized spacial score (nSPS) is 31.0. The molecule has 0 amide bonds. The Bertz CT molecular complexity index is 755. The van der Waals surface area contributed by atoms with Gasteiger partial charge in [0.1, 0.15) is 0 Å². The molecule has 5 rings (SSSR count). The zero-order valence-corrected chi connectivity index (χ0v) is 16.0. The molecule has 3 aliphatic rings. The van der Waals surface area contributed by atoms with Crippen LogP contribution in [0.1, 0.15) is 66.7 Å². The molecule has 1 saturated carbocycles. The van der Waals surface area contributed by atoms with Crippen molar-refractivity contribution in [2.75, 3.05) is 13.1 Å². The van der Waals surface area contributed by atoms with Crippen molar-refractivity contribution in [3.8, 4) is 0 Å². The zero-order chi connectivity index (χ0) is 17.5. The van der Waals surface area contributed by atoms with Gasteiger partial charge in [-0.3, -0.25) is 4.90 Å². The van der Waals surface area contributed by atoms with E-state index in [4.69, 9.17) is 0 Å². The molecule has 0 bridgehead atoms. The average molecular weight is 346 g/mol. The first-order chi connectivity index (χ1) is 12.8. The number of benzene rings is 2. The van der Waals surface area contributed by atoms with Gasteiger partial charge in [-0.15, -0.1) is 0 Å². The average Bonchev–Trinajstić information content (AvgIpc) is 2.60. The first-order valence-corrected chi connectivity index (χ1v) is 10.7. The van der Waals surface area contributed by atoms with Crippen molar-refractivity contribution >= 4 is 0 Å². The molecule has 0 aromatic heterocycles. The number of aryl methyl sites for hydroxylation is 1. The lowest BCUT2D eigenvalue weighted by atomic mass is 9.69. The molecule has 2 atom stereocenters.